The molecule has 4 heteroatoms. The zero-order valence-corrected chi connectivity index (χ0v) is 11.5. The minimum Gasteiger partial charge on any atom is -0.396 e. The van der Waals surface area contributed by atoms with E-state index in [1.165, 1.54) is 25.7 Å². The summed E-state index contributed by atoms with van der Waals surface area (Å²) in [6, 6.07) is 0.406. The number of hydrogen-bond donors (Lipinski definition) is 3. The van der Waals surface area contributed by atoms with Crippen molar-refractivity contribution in [3.05, 3.63) is 0 Å². The van der Waals surface area contributed by atoms with E-state index in [1.807, 2.05) is 0 Å². The Bertz CT molecular complexity index is 258. The molecule has 106 valence electrons. The van der Waals surface area contributed by atoms with Crippen LogP contribution in [0.4, 0.5) is 0 Å². The summed E-state index contributed by atoms with van der Waals surface area (Å²) < 4.78 is 5.40. The molecule has 4 N–H and O–H groups in total. The number of rotatable bonds is 7. The van der Waals surface area contributed by atoms with E-state index in [0.717, 1.165) is 12.8 Å². The summed E-state index contributed by atoms with van der Waals surface area (Å²) in [6.45, 7) is 1.60. The number of hydrogen-bond acceptors (Lipinski definition) is 4. The molecule has 2 rings (SSSR count). The van der Waals surface area contributed by atoms with Gasteiger partial charge in [0.1, 0.15) is 0 Å². The van der Waals surface area contributed by atoms with Crippen LogP contribution < -0.4 is 11.1 Å². The lowest BCUT2D eigenvalue weighted by Crippen LogP contribution is -2.61. The van der Waals surface area contributed by atoms with Crippen LogP contribution in [0.5, 0.6) is 0 Å². The average molecular weight is 256 g/mol. The molecule has 0 saturated heterocycles. The molecule has 0 aromatic carbocycles. The van der Waals surface area contributed by atoms with Crippen molar-refractivity contribution in [2.75, 3.05) is 26.9 Å². The summed E-state index contributed by atoms with van der Waals surface area (Å²) >= 11 is 0. The largest absolute Gasteiger partial charge is 0.396 e. The third kappa shape index (κ3) is 3.05. The Labute approximate surface area is 110 Å². The van der Waals surface area contributed by atoms with E-state index in [2.05, 4.69) is 5.32 Å². The summed E-state index contributed by atoms with van der Waals surface area (Å²) in [4.78, 5) is 0. The topological polar surface area (TPSA) is 67.5 Å². The van der Waals surface area contributed by atoms with Crippen LogP contribution in [0, 0.1) is 11.8 Å². The van der Waals surface area contributed by atoms with Gasteiger partial charge in [-0.15, -0.1) is 0 Å². The predicted octanol–water partition coefficient (Wildman–Crippen LogP) is 0.881. The zero-order valence-electron chi connectivity index (χ0n) is 11.5. The number of aliphatic hydroxyl groups is 1. The molecule has 3 unspecified atom stereocenters. The van der Waals surface area contributed by atoms with Crippen LogP contribution in [0.25, 0.3) is 0 Å². The Morgan fingerprint density at radius 3 is 2.56 bits per heavy atom. The zero-order chi connectivity index (χ0) is 13.0. The van der Waals surface area contributed by atoms with E-state index < -0.39 is 0 Å². The maximum absolute atomic E-state index is 9.51. The minimum absolute atomic E-state index is 0.0653. The van der Waals surface area contributed by atoms with Crippen molar-refractivity contribution >= 4 is 0 Å². The molecule has 0 aromatic heterocycles. The van der Waals surface area contributed by atoms with Crippen molar-refractivity contribution in [2.24, 2.45) is 17.6 Å². The van der Waals surface area contributed by atoms with Crippen LogP contribution in [0.15, 0.2) is 0 Å². The predicted molar refractivity (Wildman–Crippen MR) is 72.4 cm³/mol. The van der Waals surface area contributed by atoms with Gasteiger partial charge in [0.15, 0.2) is 0 Å². The lowest BCUT2D eigenvalue weighted by atomic mass is 9.82. The van der Waals surface area contributed by atoms with Crippen LogP contribution in [-0.2, 0) is 4.74 Å². The van der Waals surface area contributed by atoms with Gasteiger partial charge < -0.3 is 20.9 Å². The third-order valence-corrected chi connectivity index (χ3v) is 4.74. The SMILES string of the molecule is COCC(CN)(NC1CCCCC1CO)C1CC1. The summed E-state index contributed by atoms with van der Waals surface area (Å²) in [5.74, 6) is 1.05. The molecule has 2 aliphatic carbocycles. The number of methoxy groups -OCH3 is 1. The van der Waals surface area contributed by atoms with Gasteiger partial charge in [-0.1, -0.05) is 12.8 Å². The Kier molecular flexibility index (Phi) is 5.01. The van der Waals surface area contributed by atoms with E-state index >= 15 is 0 Å². The summed E-state index contributed by atoms with van der Waals surface area (Å²) in [5.41, 5.74) is 5.97. The molecule has 4 nitrogen and oxygen atoms in total. The first-order chi connectivity index (χ1) is 8.75. The van der Waals surface area contributed by atoms with Crippen molar-refractivity contribution in [1.29, 1.82) is 0 Å². The molecule has 18 heavy (non-hydrogen) atoms. The first-order valence-electron chi connectivity index (χ1n) is 7.33. The quantitative estimate of drug-likeness (QED) is 0.632. The fraction of sp³-hybridized carbons (Fsp3) is 1.00. The highest BCUT2D eigenvalue weighted by molar-refractivity contribution is 5.04. The van der Waals surface area contributed by atoms with E-state index in [1.54, 1.807) is 7.11 Å². The smallest absolute Gasteiger partial charge is 0.0659 e. The highest BCUT2D eigenvalue weighted by Crippen LogP contribution is 2.41. The lowest BCUT2D eigenvalue weighted by molar-refractivity contribution is 0.0630. The molecule has 0 spiro atoms. The maximum Gasteiger partial charge on any atom is 0.0659 e. The lowest BCUT2D eigenvalue weighted by Gasteiger charge is -2.41. The maximum atomic E-state index is 9.51. The Hall–Kier alpha value is -0.160. The molecule has 2 fully saturated rings. The van der Waals surface area contributed by atoms with E-state index in [-0.39, 0.29) is 12.1 Å². The highest BCUT2D eigenvalue weighted by atomic mass is 16.5. The van der Waals surface area contributed by atoms with Crippen LogP contribution in [0.1, 0.15) is 38.5 Å². The molecule has 3 atom stereocenters. The van der Waals surface area contributed by atoms with Gasteiger partial charge in [-0.2, -0.15) is 0 Å². The molecule has 0 bridgehead atoms. The minimum atomic E-state index is -0.0653. The molecule has 0 aromatic rings. The monoisotopic (exact) mass is 256 g/mol. The number of nitrogens with two attached hydrogens (primary N) is 1. The summed E-state index contributed by atoms with van der Waals surface area (Å²) in [5, 5.41) is 13.3. The van der Waals surface area contributed by atoms with Gasteiger partial charge in [-0.05, 0) is 37.5 Å². The van der Waals surface area contributed by atoms with E-state index in [0.29, 0.717) is 31.0 Å². The van der Waals surface area contributed by atoms with Gasteiger partial charge in [0, 0.05) is 26.3 Å². The normalized spacial score (nSPS) is 32.2. The van der Waals surface area contributed by atoms with Crippen molar-refractivity contribution in [3.63, 3.8) is 0 Å². The van der Waals surface area contributed by atoms with Crippen molar-refractivity contribution in [2.45, 2.75) is 50.1 Å². The van der Waals surface area contributed by atoms with Crippen LogP contribution in [0.2, 0.25) is 0 Å². The molecular formula is C14H28N2O2. The van der Waals surface area contributed by atoms with Crippen molar-refractivity contribution < 1.29 is 9.84 Å². The first-order valence-corrected chi connectivity index (χ1v) is 7.33. The van der Waals surface area contributed by atoms with Gasteiger partial charge in [0.25, 0.3) is 0 Å². The number of nitrogens with one attached hydrogen (secondary N) is 1. The van der Waals surface area contributed by atoms with Crippen LogP contribution in [0.3, 0.4) is 0 Å². The van der Waals surface area contributed by atoms with Crippen molar-refractivity contribution in [3.8, 4) is 0 Å². The Morgan fingerprint density at radius 2 is 2.00 bits per heavy atom. The van der Waals surface area contributed by atoms with Gasteiger partial charge in [-0.25, -0.2) is 0 Å². The molecule has 2 saturated carbocycles. The summed E-state index contributed by atoms with van der Waals surface area (Å²) in [7, 11) is 1.75. The van der Waals surface area contributed by atoms with Gasteiger partial charge in [0.05, 0.1) is 12.1 Å². The standard InChI is InChI=1S/C14H28N2O2/c1-18-10-14(9-15,12-6-7-12)16-13-5-3-2-4-11(13)8-17/h11-13,16-17H,2-10,15H2,1H3. The second kappa shape index (κ2) is 6.33. The Morgan fingerprint density at radius 1 is 1.28 bits per heavy atom. The number of aliphatic hydroxyl groups excluding tert-OH is 1. The summed E-state index contributed by atoms with van der Waals surface area (Å²) in [6.07, 6.45) is 7.29. The molecule has 0 heterocycles. The van der Waals surface area contributed by atoms with E-state index in [4.69, 9.17) is 10.5 Å². The van der Waals surface area contributed by atoms with E-state index in [9.17, 15) is 5.11 Å². The molecule has 2 aliphatic rings. The van der Waals surface area contributed by atoms with Gasteiger partial charge in [-0.3, -0.25) is 0 Å². The number of ether oxygens (including phenoxy) is 1. The van der Waals surface area contributed by atoms with Gasteiger partial charge in [0.2, 0.25) is 0 Å². The highest BCUT2D eigenvalue weighted by Gasteiger charge is 2.46. The molecule has 0 radical (unpaired) electrons. The second-order valence-corrected chi connectivity index (χ2v) is 6.05. The Balaban J connectivity index is 2.02. The fourth-order valence-corrected chi connectivity index (χ4v) is 3.44. The average Bonchev–Trinajstić information content (AvgIpc) is 3.23. The third-order valence-electron chi connectivity index (χ3n) is 4.74. The molecular weight excluding hydrogens is 228 g/mol. The van der Waals surface area contributed by atoms with Crippen LogP contribution in [-0.4, -0.2) is 43.6 Å². The molecule has 0 aliphatic heterocycles. The van der Waals surface area contributed by atoms with Crippen LogP contribution >= 0.6 is 0 Å². The van der Waals surface area contributed by atoms with Gasteiger partial charge >= 0.3 is 0 Å². The fourth-order valence-electron chi connectivity index (χ4n) is 3.44. The molecule has 0 amide bonds. The second-order valence-electron chi connectivity index (χ2n) is 6.05. The van der Waals surface area contributed by atoms with Crippen molar-refractivity contribution in [1.82, 2.24) is 5.32 Å². The first kappa shape index (κ1) is 14.3.